The third-order valence-corrected chi connectivity index (χ3v) is 6.14. The molecule has 1 amide bonds. The number of ether oxygens (including phenoxy) is 1. The summed E-state index contributed by atoms with van der Waals surface area (Å²) in [6.45, 7) is 6.72. The number of alkyl halides is 3. The van der Waals surface area contributed by atoms with Crippen LogP contribution in [0, 0.1) is 10.1 Å². The van der Waals surface area contributed by atoms with Gasteiger partial charge in [0, 0.05) is 37.3 Å². The van der Waals surface area contributed by atoms with Gasteiger partial charge < -0.3 is 9.64 Å². The number of halogens is 3. The Hall–Kier alpha value is -2.89. The average molecular weight is 483 g/mol. The number of carbonyl (C=O) groups is 1. The lowest BCUT2D eigenvalue weighted by atomic mass is 9.94. The molecule has 1 aromatic heterocycles. The summed E-state index contributed by atoms with van der Waals surface area (Å²) in [5.74, 6) is 0. The number of benzene rings is 1. The molecule has 34 heavy (non-hydrogen) atoms. The lowest BCUT2D eigenvalue weighted by Gasteiger charge is -2.47. The van der Waals surface area contributed by atoms with Crippen LogP contribution in [0.15, 0.2) is 18.3 Å². The number of nitrogens with zero attached hydrogens (tertiary/aromatic N) is 5. The van der Waals surface area contributed by atoms with Crippen molar-refractivity contribution in [1.82, 2.24) is 19.6 Å². The highest BCUT2D eigenvalue weighted by Crippen LogP contribution is 2.34. The first-order valence-corrected chi connectivity index (χ1v) is 11.2. The van der Waals surface area contributed by atoms with Crippen LogP contribution in [0.3, 0.4) is 0 Å². The Morgan fingerprint density at radius 2 is 1.94 bits per heavy atom. The van der Waals surface area contributed by atoms with Crippen molar-refractivity contribution in [3.8, 4) is 0 Å². The standard InChI is InChI=1S/C22H28F3N5O4/c1-21(2,3)34-20(31)28-12-22(25,13-28)11-27-6-4-15(5-7-27)29-10-14-8-18(30(32)33)16(19(23)24)9-17(14)26-29/h8-10,15,19H,4-7,11-13H2,1-3H3. The second kappa shape index (κ2) is 8.71. The van der Waals surface area contributed by atoms with Gasteiger partial charge in [-0.15, -0.1) is 0 Å². The minimum absolute atomic E-state index is 0.00234. The van der Waals surface area contributed by atoms with Crippen molar-refractivity contribution in [2.75, 3.05) is 32.7 Å². The Morgan fingerprint density at radius 1 is 1.29 bits per heavy atom. The molecule has 2 aromatic rings. The molecule has 3 heterocycles. The van der Waals surface area contributed by atoms with Gasteiger partial charge in [0.15, 0.2) is 5.67 Å². The molecule has 186 valence electrons. The third-order valence-electron chi connectivity index (χ3n) is 6.14. The molecule has 0 radical (unpaired) electrons. The summed E-state index contributed by atoms with van der Waals surface area (Å²) >= 11 is 0. The number of carbonyl (C=O) groups excluding carboxylic acids is 1. The summed E-state index contributed by atoms with van der Waals surface area (Å²) in [4.78, 5) is 25.8. The molecule has 0 N–H and O–H groups in total. The minimum Gasteiger partial charge on any atom is -0.444 e. The van der Waals surface area contributed by atoms with Crippen LogP contribution in [0.4, 0.5) is 23.7 Å². The quantitative estimate of drug-likeness (QED) is 0.460. The maximum Gasteiger partial charge on any atom is 0.410 e. The Kier molecular flexibility index (Phi) is 6.21. The Labute approximate surface area is 194 Å². The Morgan fingerprint density at radius 3 is 2.50 bits per heavy atom. The van der Waals surface area contributed by atoms with E-state index in [-0.39, 0.29) is 31.2 Å². The summed E-state index contributed by atoms with van der Waals surface area (Å²) in [7, 11) is 0. The molecule has 9 nitrogen and oxygen atoms in total. The monoisotopic (exact) mass is 483 g/mol. The summed E-state index contributed by atoms with van der Waals surface area (Å²) in [6.07, 6.45) is -0.503. The van der Waals surface area contributed by atoms with Crippen LogP contribution < -0.4 is 0 Å². The zero-order valence-corrected chi connectivity index (χ0v) is 19.3. The molecule has 2 fully saturated rings. The maximum atomic E-state index is 15.1. The Bertz CT molecular complexity index is 1090. The van der Waals surface area contributed by atoms with E-state index in [4.69, 9.17) is 4.74 Å². The van der Waals surface area contributed by atoms with Gasteiger partial charge in [0.1, 0.15) is 5.60 Å². The lowest BCUT2D eigenvalue weighted by molar-refractivity contribution is -0.386. The van der Waals surface area contributed by atoms with Crippen molar-refractivity contribution in [1.29, 1.82) is 0 Å². The predicted molar refractivity (Wildman–Crippen MR) is 118 cm³/mol. The van der Waals surface area contributed by atoms with Crippen LogP contribution in [-0.2, 0) is 4.74 Å². The third kappa shape index (κ3) is 5.11. The van der Waals surface area contributed by atoms with Crippen LogP contribution in [0.25, 0.3) is 10.9 Å². The van der Waals surface area contributed by atoms with E-state index < -0.39 is 40.0 Å². The van der Waals surface area contributed by atoms with Gasteiger partial charge in [-0.3, -0.25) is 19.7 Å². The van der Waals surface area contributed by atoms with Crippen molar-refractivity contribution in [2.24, 2.45) is 0 Å². The topological polar surface area (TPSA) is 93.7 Å². The fourth-order valence-corrected chi connectivity index (χ4v) is 4.55. The summed E-state index contributed by atoms with van der Waals surface area (Å²) in [5.41, 5.74) is -3.09. The molecule has 0 aliphatic carbocycles. The molecule has 0 saturated carbocycles. The van der Waals surface area contributed by atoms with Crippen LogP contribution in [0.2, 0.25) is 0 Å². The van der Waals surface area contributed by atoms with E-state index in [0.717, 1.165) is 12.1 Å². The highest BCUT2D eigenvalue weighted by Gasteiger charge is 2.48. The normalized spacial score (nSPS) is 19.4. The first kappa shape index (κ1) is 24.2. The molecular weight excluding hydrogens is 455 g/mol. The van der Waals surface area contributed by atoms with E-state index in [0.29, 0.717) is 31.3 Å². The highest BCUT2D eigenvalue weighted by atomic mass is 19.3. The van der Waals surface area contributed by atoms with Gasteiger partial charge in [-0.2, -0.15) is 5.10 Å². The summed E-state index contributed by atoms with van der Waals surface area (Å²) in [6, 6.07) is 2.19. The molecular formula is C22H28F3N5O4. The molecule has 0 bridgehead atoms. The zero-order valence-electron chi connectivity index (χ0n) is 19.3. The summed E-state index contributed by atoms with van der Waals surface area (Å²) < 4.78 is 48.5. The van der Waals surface area contributed by atoms with Crippen LogP contribution in [0.5, 0.6) is 0 Å². The molecule has 2 aliphatic rings. The van der Waals surface area contributed by atoms with Crippen molar-refractivity contribution in [2.45, 2.75) is 57.3 Å². The van der Waals surface area contributed by atoms with Gasteiger partial charge in [-0.25, -0.2) is 18.0 Å². The molecule has 0 atom stereocenters. The molecule has 12 heteroatoms. The SMILES string of the molecule is CC(C)(C)OC(=O)N1CC(F)(CN2CCC(n3cc4cc([N+](=O)[O-])c(C(F)F)cc4n3)CC2)C1. The van der Waals surface area contributed by atoms with Gasteiger partial charge in [0.25, 0.3) is 12.1 Å². The molecule has 1 aromatic carbocycles. The van der Waals surface area contributed by atoms with E-state index in [1.165, 1.54) is 4.90 Å². The van der Waals surface area contributed by atoms with Crippen molar-refractivity contribution in [3.63, 3.8) is 0 Å². The molecule has 0 spiro atoms. The fraction of sp³-hybridized carbons (Fsp3) is 0.636. The second-order valence-corrected chi connectivity index (χ2v) is 10.1. The number of amides is 1. The van der Waals surface area contributed by atoms with Gasteiger partial charge in [-0.05, 0) is 39.7 Å². The molecule has 2 aliphatic heterocycles. The van der Waals surface area contributed by atoms with Crippen molar-refractivity contribution >= 4 is 22.7 Å². The highest BCUT2D eigenvalue weighted by molar-refractivity contribution is 5.82. The molecule has 0 unspecified atom stereocenters. The van der Waals surface area contributed by atoms with Gasteiger partial charge in [-0.1, -0.05) is 0 Å². The van der Waals surface area contributed by atoms with Crippen molar-refractivity contribution in [3.05, 3.63) is 34.0 Å². The number of piperidine rings is 1. The minimum atomic E-state index is -2.97. The number of hydrogen-bond acceptors (Lipinski definition) is 6. The maximum absolute atomic E-state index is 15.1. The molecule has 2 saturated heterocycles. The number of aromatic nitrogens is 2. The first-order chi connectivity index (χ1) is 15.8. The predicted octanol–water partition coefficient (Wildman–Crippen LogP) is 4.48. The van der Waals surface area contributed by atoms with Crippen LogP contribution in [0.1, 0.15) is 51.6 Å². The lowest BCUT2D eigenvalue weighted by Crippen LogP contribution is -2.65. The van der Waals surface area contributed by atoms with E-state index in [1.54, 1.807) is 31.6 Å². The number of nitro benzene ring substituents is 1. The molecule has 4 rings (SSSR count). The van der Waals surface area contributed by atoms with E-state index in [2.05, 4.69) is 5.10 Å². The average Bonchev–Trinajstić information content (AvgIpc) is 3.13. The first-order valence-electron chi connectivity index (χ1n) is 11.2. The van der Waals surface area contributed by atoms with E-state index in [9.17, 15) is 23.7 Å². The zero-order chi connectivity index (χ0) is 24.8. The van der Waals surface area contributed by atoms with Gasteiger partial charge >= 0.3 is 6.09 Å². The number of nitro groups is 1. The smallest absolute Gasteiger partial charge is 0.410 e. The number of fused-ring (bicyclic) bond motifs is 1. The Balaban J connectivity index is 1.34. The summed E-state index contributed by atoms with van der Waals surface area (Å²) in [5, 5.41) is 16.0. The van der Waals surface area contributed by atoms with Gasteiger partial charge in [0.05, 0.1) is 35.1 Å². The van der Waals surface area contributed by atoms with Crippen molar-refractivity contribution < 1.29 is 27.6 Å². The van der Waals surface area contributed by atoms with E-state index >= 15 is 4.39 Å². The second-order valence-electron chi connectivity index (χ2n) is 10.1. The fourth-order valence-electron chi connectivity index (χ4n) is 4.55. The van der Waals surface area contributed by atoms with Crippen LogP contribution >= 0.6 is 0 Å². The number of hydrogen-bond donors (Lipinski definition) is 0. The number of likely N-dealkylation sites (tertiary alicyclic amines) is 2. The van der Waals surface area contributed by atoms with Crippen LogP contribution in [-0.4, -0.2) is 74.6 Å². The largest absolute Gasteiger partial charge is 0.444 e. The number of rotatable bonds is 5. The van der Waals surface area contributed by atoms with Gasteiger partial charge in [0.2, 0.25) is 0 Å². The van der Waals surface area contributed by atoms with E-state index in [1.807, 2.05) is 4.90 Å².